The molecule has 136 valence electrons. The first-order valence-corrected chi connectivity index (χ1v) is 8.99. The molecule has 1 aliphatic rings. The number of aromatic amines is 1. The molecule has 2 amide bonds. The van der Waals surface area contributed by atoms with Crippen LogP contribution < -0.4 is 10.0 Å². The fourth-order valence-corrected chi connectivity index (χ4v) is 3.37. The van der Waals surface area contributed by atoms with E-state index in [0.29, 0.717) is 5.82 Å². The highest BCUT2D eigenvalue weighted by Crippen LogP contribution is 2.23. The third-order valence-corrected chi connectivity index (χ3v) is 4.99. The van der Waals surface area contributed by atoms with E-state index in [-0.39, 0.29) is 6.42 Å². The third-order valence-electron chi connectivity index (χ3n) is 3.72. The van der Waals surface area contributed by atoms with Crippen molar-refractivity contribution in [2.45, 2.75) is 43.9 Å². The number of carbonyl (C=O) groups excluding carboxylic acids is 1. The van der Waals surface area contributed by atoms with Crippen LogP contribution in [0.3, 0.4) is 0 Å². The van der Waals surface area contributed by atoms with Crippen molar-refractivity contribution in [1.82, 2.24) is 9.71 Å². The second kappa shape index (κ2) is 7.49. The van der Waals surface area contributed by atoms with E-state index in [4.69, 9.17) is 4.74 Å². The minimum absolute atomic E-state index is 0.152. The molecule has 1 saturated heterocycles. The van der Waals surface area contributed by atoms with E-state index >= 15 is 0 Å². The van der Waals surface area contributed by atoms with Crippen LogP contribution in [0.1, 0.15) is 13.3 Å². The van der Waals surface area contributed by atoms with Gasteiger partial charge in [-0.15, -0.1) is 0 Å². The molecule has 0 aromatic carbocycles. The van der Waals surface area contributed by atoms with Crippen molar-refractivity contribution in [2.24, 2.45) is 0 Å². The van der Waals surface area contributed by atoms with Gasteiger partial charge in [-0.2, -0.15) is 0 Å². The van der Waals surface area contributed by atoms with Crippen LogP contribution in [0.5, 0.6) is 0 Å². The Morgan fingerprint density at radius 1 is 1.29 bits per heavy atom. The van der Waals surface area contributed by atoms with E-state index in [9.17, 15) is 28.5 Å². The van der Waals surface area contributed by atoms with Gasteiger partial charge >= 0.3 is 6.03 Å². The maximum Gasteiger partial charge on any atom is 0.333 e. The summed E-state index contributed by atoms with van der Waals surface area (Å²) in [6, 6.07) is 2.26. The van der Waals surface area contributed by atoms with E-state index in [1.165, 1.54) is 6.92 Å². The lowest BCUT2D eigenvalue weighted by atomic mass is 9.94. The summed E-state index contributed by atoms with van der Waals surface area (Å²) >= 11 is 0. The second-order valence-corrected chi connectivity index (χ2v) is 7.44. The number of urea groups is 1. The summed E-state index contributed by atoms with van der Waals surface area (Å²) in [5.74, 6) is -0.165. The largest absolute Gasteiger partial charge is 0.388 e. The van der Waals surface area contributed by atoms with Gasteiger partial charge in [-0.1, -0.05) is 0 Å². The minimum Gasteiger partial charge on any atom is -0.388 e. The summed E-state index contributed by atoms with van der Waals surface area (Å²) in [7, 11) is -3.97. The molecule has 0 aliphatic carbocycles. The lowest BCUT2D eigenvalue weighted by Crippen LogP contribution is -2.57. The number of hydrogen-bond donors (Lipinski definition) is 6. The lowest BCUT2D eigenvalue weighted by molar-refractivity contribution is -0.217. The van der Waals surface area contributed by atoms with Crippen LogP contribution in [0.15, 0.2) is 18.3 Å². The number of aliphatic hydroxyl groups is 3. The molecule has 24 heavy (non-hydrogen) atoms. The first kappa shape index (κ1) is 18.7. The van der Waals surface area contributed by atoms with Gasteiger partial charge in [0.25, 0.3) is 0 Å². The SMILES string of the molecule is CC1O[C@H](CCS(=O)(=O)NC(=O)Nc2ccc[nH]2)[C@@H](O)[C@H](O)[C@@H]1O. The fraction of sp³-hybridized carbons (Fsp3) is 0.615. The number of H-pyrrole nitrogens is 1. The molecule has 6 N–H and O–H groups in total. The standard InChI is InChI=1S/C13H21N3O7S/c1-7-10(17)12(19)11(18)8(23-7)4-6-24(21,22)16-13(20)15-9-3-2-5-14-9/h2-3,5,7-8,10-12,14,17-19H,4,6H2,1H3,(H2,15,16,20)/t7?,8-,10-,11-,12-/m1/s1. The monoisotopic (exact) mass is 363 g/mol. The number of amides is 2. The molecule has 1 aromatic rings. The van der Waals surface area contributed by atoms with E-state index in [2.05, 4.69) is 10.3 Å². The summed E-state index contributed by atoms with van der Waals surface area (Å²) < 4.78 is 31.0. The number of hydrogen-bond acceptors (Lipinski definition) is 7. The highest BCUT2D eigenvalue weighted by Gasteiger charge is 2.41. The van der Waals surface area contributed by atoms with Gasteiger partial charge in [0, 0.05) is 6.20 Å². The van der Waals surface area contributed by atoms with Crippen molar-refractivity contribution < 1.29 is 33.3 Å². The summed E-state index contributed by atoms with van der Waals surface area (Å²) in [4.78, 5) is 14.3. The van der Waals surface area contributed by atoms with Gasteiger partial charge in [-0.05, 0) is 25.5 Å². The van der Waals surface area contributed by atoms with Crippen LogP contribution in [0.25, 0.3) is 0 Å². The van der Waals surface area contributed by atoms with Gasteiger partial charge in [0.2, 0.25) is 10.0 Å². The lowest BCUT2D eigenvalue weighted by Gasteiger charge is -2.39. The smallest absolute Gasteiger partial charge is 0.333 e. The Balaban J connectivity index is 1.86. The molecule has 1 unspecified atom stereocenters. The first-order chi connectivity index (χ1) is 11.2. The van der Waals surface area contributed by atoms with Crippen LogP contribution in [0.2, 0.25) is 0 Å². The van der Waals surface area contributed by atoms with E-state index in [1.807, 2.05) is 4.72 Å². The number of aromatic nitrogens is 1. The Morgan fingerprint density at radius 3 is 2.62 bits per heavy atom. The maximum atomic E-state index is 11.9. The zero-order chi connectivity index (χ0) is 17.9. The Hall–Kier alpha value is -1.66. The molecular weight excluding hydrogens is 342 g/mol. The van der Waals surface area contributed by atoms with E-state index in [0.717, 1.165) is 0 Å². The molecule has 1 aliphatic heterocycles. The minimum atomic E-state index is -3.97. The number of nitrogens with one attached hydrogen (secondary N) is 3. The number of rotatable bonds is 5. The Morgan fingerprint density at radius 2 is 2.00 bits per heavy atom. The van der Waals surface area contributed by atoms with E-state index < -0.39 is 52.3 Å². The molecule has 0 bridgehead atoms. The Kier molecular flexibility index (Phi) is 5.83. The normalized spacial score (nSPS) is 30.8. The van der Waals surface area contributed by atoms with Crippen LogP contribution in [-0.2, 0) is 14.8 Å². The summed E-state index contributed by atoms with van der Waals surface area (Å²) in [5.41, 5.74) is 0. The van der Waals surface area contributed by atoms with Gasteiger partial charge in [0.05, 0.1) is 18.0 Å². The number of carbonyl (C=O) groups is 1. The predicted octanol–water partition coefficient (Wildman–Crippen LogP) is -1.27. The van der Waals surface area contributed by atoms with Gasteiger partial charge in [-0.25, -0.2) is 17.9 Å². The Labute approximate surface area is 138 Å². The van der Waals surface area contributed by atoms with Crippen LogP contribution in [0, 0.1) is 0 Å². The quantitative estimate of drug-likeness (QED) is 0.380. The van der Waals surface area contributed by atoms with E-state index in [1.54, 1.807) is 18.3 Å². The van der Waals surface area contributed by atoms with Gasteiger partial charge in [-0.3, -0.25) is 5.32 Å². The molecule has 10 nitrogen and oxygen atoms in total. The highest BCUT2D eigenvalue weighted by atomic mass is 32.2. The zero-order valence-corrected chi connectivity index (χ0v) is 13.7. The van der Waals surface area contributed by atoms with Crippen molar-refractivity contribution in [3.63, 3.8) is 0 Å². The van der Waals surface area contributed by atoms with Gasteiger partial charge in [0.1, 0.15) is 24.1 Å². The average molecular weight is 363 g/mol. The third kappa shape index (κ3) is 4.68. The van der Waals surface area contributed by atoms with Crippen LogP contribution in [-0.4, -0.2) is 71.0 Å². The molecule has 2 heterocycles. The molecule has 0 saturated carbocycles. The van der Waals surface area contributed by atoms with Crippen LogP contribution in [0.4, 0.5) is 10.6 Å². The molecule has 2 rings (SSSR count). The predicted molar refractivity (Wildman–Crippen MR) is 83.7 cm³/mol. The fourth-order valence-electron chi connectivity index (χ4n) is 2.39. The van der Waals surface area contributed by atoms with Crippen molar-refractivity contribution >= 4 is 21.9 Å². The molecule has 0 spiro atoms. The molecule has 5 atom stereocenters. The number of sulfonamides is 1. The Bertz CT molecular complexity index is 649. The van der Waals surface area contributed by atoms with Crippen molar-refractivity contribution in [1.29, 1.82) is 0 Å². The molecule has 1 fully saturated rings. The molecule has 11 heteroatoms. The average Bonchev–Trinajstić information content (AvgIpc) is 2.99. The molecule has 0 radical (unpaired) electrons. The maximum absolute atomic E-state index is 11.9. The summed E-state index contributed by atoms with van der Waals surface area (Å²) in [6.45, 7) is 1.50. The second-order valence-electron chi connectivity index (χ2n) is 5.60. The number of ether oxygens (including phenoxy) is 1. The zero-order valence-electron chi connectivity index (χ0n) is 12.9. The number of aliphatic hydroxyl groups excluding tert-OH is 3. The summed E-state index contributed by atoms with van der Waals surface area (Å²) in [6.07, 6.45) is -4.41. The summed E-state index contributed by atoms with van der Waals surface area (Å²) in [5, 5.41) is 31.4. The number of anilines is 1. The first-order valence-electron chi connectivity index (χ1n) is 7.34. The van der Waals surface area contributed by atoms with Gasteiger partial charge in [0.15, 0.2) is 0 Å². The van der Waals surface area contributed by atoms with Crippen molar-refractivity contribution in [3.05, 3.63) is 18.3 Å². The van der Waals surface area contributed by atoms with Crippen molar-refractivity contribution in [2.75, 3.05) is 11.1 Å². The van der Waals surface area contributed by atoms with Gasteiger partial charge < -0.3 is 25.0 Å². The molecule has 1 aromatic heterocycles. The topological polar surface area (TPSA) is 161 Å². The highest BCUT2D eigenvalue weighted by molar-refractivity contribution is 7.90. The molecular formula is C13H21N3O7S. The van der Waals surface area contributed by atoms with Crippen LogP contribution >= 0.6 is 0 Å². The van der Waals surface area contributed by atoms with Crippen molar-refractivity contribution in [3.8, 4) is 0 Å².